The van der Waals surface area contributed by atoms with E-state index in [9.17, 15) is 0 Å². The molecule has 4 aromatic heterocycles. The maximum absolute atomic E-state index is 6.68. The summed E-state index contributed by atoms with van der Waals surface area (Å²) in [5, 5.41) is 5.76. The highest BCUT2D eigenvalue weighted by molar-refractivity contribution is 6.13. The highest BCUT2D eigenvalue weighted by Gasteiger charge is 2.21. The van der Waals surface area contributed by atoms with Gasteiger partial charge in [-0.3, -0.25) is 8.97 Å². The summed E-state index contributed by atoms with van der Waals surface area (Å²) in [5.41, 5.74) is 10.3. The predicted octanol–water partition coefficient (Wildman–Crippen LogP) is 11.5. The van der Waals surface area contributed by atoms with E-state index in [0.29, 0.717) is 0 Å². The number of aryl methyl sites for hydroxylation is 2. The molecule has 0 bridgehead atoms. The van der Waals surface area contributed by atoms with E-state index in [1.165, 1.54) is 33.0 Å². The van der Waals surface area contributed by atoms with Crippen LogP contribution in [0.2, 0.25) is 0 Å². The van der Waals surface area contributed by atoms with Crippen LogP contribution < -0.4 is 4.74 Å². The summed E-state index contributed by atoms with van der Waals surface area (Å²) in [5.74, 6) is 2.40. The molecule has 4 heterocycles. The van der Waals surface area contributed by atoms with Crippen molar-refractivity contribution in [3.63, 3.8) is 0 Å². The summed E-state index contributed by atoms with van der Waals surface area (Å²) in [4.78, 5) is 9.77. The highest BCUT2D eigenvalue weighted by atomic mass is 16.5. The Labute approximate surface area is 285 Å². The molecule has 0 saturated heterocycles. The maximum atomic E-state index is 6.68. The minimum Gasteiger partial charge on any atom is -0.457 e. The first-order valence-corrected chi connectivity index (χ1v) is 16.8. The molecule has 0 aliphatic carbocycles. The van der Waals surface area contributed by atoms with E-state index in [1.54, 1.807) is 0 Å². The Bertz CT molecular complexity index is 2730. The molecule has 0 amide bonds. The lowest BCUT2D eigenvalue weighted by molar-refractivity contribution is 0.484. The molecule has 5 aromatic carbocycles. The van der Waals surface area contributed by atoms with Gasteiger partial charge in [-0.1, -0.05) is 69.3 Å². The van der Waals surface area contributed by atoms with Gasteiger partial charge in [0.05, 0.1) is 28.4 Å². The van der Waals surface area contributed by atoms with Gasteiger partial charge in [-0.25, -0.2) is 9.97 Å². The number of benzene rings is 5. The fourth-order valence-electron chi connectivity index (χ4n) is 7.48. The van der Waals surface area contributed by atoms with Gasteiger partial charge >= 0.3 is 0 Å². The van der Waals surface area contributed by atoms with Crippen molar-refractivity contribution >= 4 is 49.1 Å². The Morgan fingerprint density at radius 2 is 1.31 bits per heavy atom. The van der Waals surface area contributed by atoms with Crippen molar-refractivity contribution in [2.45, 2.75) is 40.0 Å². The first kappa shape index (κ1) is 29.2. The average molecular weight is 637 g/mol. The van der Waals surface area contributed by atoms with Crippen LogP contribution in [0.1, 0.15) is 37.5 Å². The Kier molecular flexibility index (Phi) is 6.44. The van der Waals surface area contributed by atoms with Gasteiger partial charge in [0.15, 0.2) is 0 Å². The zero-order valence-corrected chi connectivity index (χ0v) is 28.3. The van der Waals surface area contributed by atoms with Crippen molar-refractivity contribution < 1.29 is 4.74 Å². The van der Waals surface area contributed by atoms with Gasteiger partial charge in [0.25, 0.3) is 0 Å². The molecule has 9 aromatic rings. The third-order valence-corrected chi connectivity index (χ3v) is 9.88. The molecule has 238 valence electrons. The molecule has 0 spiro atoms. The van der Waals surface area contributed by atoms with Crippen molar-refractivity contribution in [1.29, 1.82) is 0 Å². The lowest BCUT2D eigenvalue weighted by atomic mass is 9.86. The van der Waals surface area contributed by atoms with E-state index in [4.69, 9.17) is 14.7 Å². The van der Waals surface area contributed by atoms with Crippen molar-refractivity contribution in [2.24, 2.45) is 0 Å². The molecule has 0 aliphatic heterocycles. The number of hydrogen-bond acceptors (Lipinski definition) is 3. The minimum atomic E-state index is 0.0132. The number of pyridine rings is 2. The molecule has 0 atom stereocenters. The van der Waals surface area contributed by atoms with Crippen LogP contribution in [0.3, 0.4) is 0 Å². The van der Waals surface area contributed by atoms with E-state index in [-0.39, 0.29) is 5.41 Å². The number of nitrogens with zero attached hydrogens (tertiary/aromatic N) is 4. The van der Waals surface area contributed by atoms with Crippen LogP contribution in [0.15, 0.2) is 128 Å². The summed E-state index contributed by atoms with van der Waals surface area (Å²) in [6.45, 7) is 11.2. The molecule has 9 rings (SSSR count). The Balaban J connectivity index is 1.25. The van der Waals surface area contributed by atoms with E-state index in [0.717, 1.165) is 61.4 Å². The van der Waals surface area contributed by atoms with Crippen LogP contribution in [0.25, 0.3) is 66.2 Å². The van der Waals surface area contributed by atoms with Crippen LogP contribution in [0.5, 0.6) is 11.5 Å². The van der Waals surface area contributed by atoms with Crippen LogP contribution in [0.4, 0.5) is 0 Å². The van der Waals surface area contributed by atoms with E-state index in [2.05, 4.69) is 141 Å². The minimum absolute atomic E-state index is 0.0132. The Morgan fingerprint density at radius 3 is 2.08 bits per heavy atom. The second kappa shape index (κ2) is 10.8. The molecular weight excluding hydrogens is 601 g/mol. The predicted molar refractivity (Wildman–Crippen MR) is 202 cm³/mol. The monoisotopic (exact) mass is 636 g/mol. The van der Waals surface area contributed by atoms with Gasteiger partial charge in [0, 0.05) is 39.4 Å². The fourth-order valence-corrected chi connectivity index (χ4v) is 7.48. The molecular formula is C44H36N4O. The topological polar surface area (TPSA) is 44.3 Å². The molecule has 0 unspecified atom stereocenters. The molecule has 0 radical (unpaired) electrons. The summed E-state index contributed by atoms with van der Waals surface area (Å²) >= 11 is 0. The van der Waals surface area contributed by atoms with Gasteiger partial charge in [-0.15, -0.1) is 0 Å². The SMILES string of the molecule is Cc1cccc(C)c1-c1cnc2c3cc(Oc4ccc5c6ccccc6n(-c6ccccn6)c5c4)ccc3c3cc(C(C)(C)C)ccc3n12. The number of rotatable bonds is 4. The van der Waals surface area contributed by atoms with Crippen LogP contribution >= 0.6 is 0 Å². The standard InChI is InChI=1S/C44H36N4O/c1-27-11-10-12-28(2)42(27)40-26-46-43-36-24-30(17-19-32(36)35-23-29(44(3,4)5)16-21-38(35)48(40)43)49-31-18-20-34-33-13-6-7-14-37(33)47(39(34)25-31)41-15-8-9-22-45-41/h6-26H,1-5H3. The van der Waals surface area contributed by atoms with Crippen molar-refractivity contribution in [1.82, 2.24) is 18.9 Å². The van der Waals surface area contributed by atoms with E-state index >= 15 is 0 Å². The third-order valence-electron chi connectivity index (χ3n) is 9.88. The largest absolute Gasteiger partial charge is 0.457 e. The second-order valence-corrected chi connectivity index (χ2v) is 14.1. The molecule has 49 heavy (non-hydrogen) atoms. The van der Waals surface area contributed by atoms with E-state index in [1.807, 2.05) is 30.6 Å². The lowest BCUT2D eigenvalue weighted by Gasteiger charge is -2.21. The highest BCUT2D eigenvalue weighted by Crippen LogP contribution is 2.40. The quantitative estimate of drug-likeness (QED) is 0.181. The summed E-state index contributed by atoms with van der Waals surface area (Å²) < 4.78 is 11.2. The number of aromatic nitrogens is 4. The smallest absolute Gasteiger partial charge is 0.145 e. The normalized spacial score (nSPS) is 12.2. The van der Waals surface area contributed by atoms with Gasteiger partial charge < -0.3 is 4.74 Å². The first-order valence-electron chi connectivity index (χ1n) is 16.8. The van der Waals surface area contributed by atoms with Crippen LogP contribution in [0, 0.1) is 13.8 Å². The second-order valence-electron chi connectivity index (χ2n) is 14.1. The summed E-state index contributed by atoms with van der Waals surface area (Å²) in [6.07, 6.45) is 3.86. The van der Waals surface area contributed by atoms with Gasteiger partial charge in [-0.05, 0) is 102 Å². The zero-order valence-electron chi connectivity index (χ0n) is 28.3. The molecule has 0 N–H and O–H groups in total. The fraction of sp³-hybridized carbons (Fsp3) is 0.136. The number of ether oxygens (including phenoxy) is 1. The van der Waals surface area contributed by atoms with Gasteiger partial charge in [0.1, 0.15) is 23.0 Å². The van der Waals surface area contributed by atoms with Crippen LogP contribution in [-0.2, 0) is 5.41 Å². The summed E-state index contributed by atoms with van der Waals surface area (Å²) in [6, 6.07) is 40.6. The van der Waals surface area contributed by atoms with Crippen molar-refractivity contribution in [2.75, 3.05) is 0 Å². The van der Waals surface area contributed by atoms with Crippen LogP contribution in [-0.4, -0.2) is 18.9 Å². The number of para-hydroxylation sites is 1. The molecule has 5 heteroatoms. The maximum Gasteiger partial charge on any atom is 0.145 e. The lowest BCUT2D eigenvalue weighted by Crippen LogP contribution is -2.11. The van der Waals surface area contributed by atoms with E-state index < -0.39 is 0 Å². The van der Waals surface area contributed by atoms with Gasteiger partial charge in [-0.2, -0.15) is 0 Å². The molecule has 5 nitrogen and oxygen atoms in total. The van der Waals surface area contributed by atoms with Gasteiger partial charge in [0.2, 0.25) is 0 Å². The number of fused-ring (bicyclic) bond motifs is 9. The zero-order chi connectivity index (χ0) is 33.4. The number of imidazole rings is 1. The first-order chi connectivity index (χ1) is 23.8. The Hall–Kier alpha value is -5.94. The average Bonchev–Trinajstić information content (AvgIpc) is 3.68. The Morgan fingerprint density at radius 1 is 0.571 bits per heavy atom. The molecule has 0 saturated carbocycles. The molecule has 0 aliphatic rings. The van der Waals surface area contributed by atoms with Crippen molar-refractivity contribution in [3.8, 4) is 28.6 Å². The van der Waals surface area contributed by atoms with Crippen molar-refractivity contribution in [3.05, 3.63) is 144 Å². The number of hydrogen-bond donors (Lipinski definition) is 0. The molecule has 0 fully saturated rings. The summed E-state index contributed by atoms with van der Waals surface area (Å²) in [7, 11) is 0. The third kappa shape index (κ3) is 4.61.